The summed E-state index contributed by atoms with van der Waals surface area (Å²) in [6.07, 6.45) is 2.19. The van der Waals surface area contributed by atoms with Crippen molar-refractivity contribution >= 4 is 11.7 Å². The number of nitrogens with zero attached hydrogens (tertiary/aromatic N) is 3. The van der Waals surface area contributed by atoms with E-state index in [1.165, 1.54) is 0 Å². The van der Waals surface area contributed by atoms with Gasteiger partial charge in [-0.2, -0.15) is 0 Å². The van der Waals surface area contributed by atoms with Crippen LogP contribution in [0, 0.1) is 0 Å². The van der Waals surface area contributed by atoms with Crippen LogP contribution in [0.25, 0.3) is 0 Å². The zero-order valence-electron chi connectivity index (χ0n) is 7.69. The minimum Gasteiger partial charge on any atom is -0.368 e. The predicted molar refractivity (Wildman–Crippen MR) is 47.9 cm³/mol. The van der Waals surface area contributed by atoms with Crippen LogP contribution in [0.4, 0.5) is 5.82 Å². The van der Waals surface area contributed by atoms with E-state index in [9.17, 15) is 4.79 Å². The van der Waals surface area contributed by atoms with Crippen molar-refractivity contribution in [1.29, 1.82) is 0 Å². The van der Waals surface area contributed by atoms with Crippen LogP contribution in [0.3, 0.4) is 0 Å². The maximum absolute atomic E-state index is 10.9. The average Bonchev–Trinajstić information content (AvgIpc) is 2.46. The van der Waals surface area contributed by atoms with Gasteiger partial charge in [0.05, 0.1) is 6.20 Å². The molecule has 0 radical (unpaired) electrons. The Morgan fingerprint density at radius 3 is 2.92 bits per heavy atom. The van der Waals surface area contributed by atoms with Gasteiger partial charge < -0.3 is 11.1 Å². The predicted octanol–water partition coefficient (Wildman–Crippen LogP) is -0.509. The Labute approximate surface area is 76.1 Å². The van der Waals surface area contributed by atoms with E-state index in [2.05, 4.69) is 15.6 Å². The van der Waals surface area contributed by atoms with Gasteiger partial charge in [-0.3, -0.25) is 4.79 Å². The van der Waals surface area contributed by atoms with E-state index in [1.807, 2.05) is 6.92 Å². The molecule has 0 spiro atoms. The smallest absolute Gasteiger partial charge is 0.239 e. The maximum atomic E-state index is 10.9. The average molecular weight is 183 g/mol. The topological polar surface area (TPSA) is 85.8 Å². The van der Waals surface area contributed by atoms with Gasteiger partial charge in [-0.1, -0.05) is 12.1 Å². The molecule has 6 heteroatoms. The Morgan fingerprint density at radius 2 is 2.54 bits per heavy atom. The molecule has 0 aliphatic heterocycles. The molecule has 0 aromatic carbocycles. The lowest BCUT2D eigenvalue weighted by atomic mass is 10.2. The van der Waals surface area contributed by atoms with E-state index in [0.29, 0.717) is 12.2 Å². The minimum atomic E-state index is -0.372. The molecule has 1 heterocycles. The molecule has 1 unspecified atom stereocenters. The van der Waals surface area contributed by atoms with E-state index in [0.717, 1.165) is 0 Å². The summed E-state index contributed by atoms with van der Waals surface area (Å²) in [5.41, 5.74) is 5.16. The molecule has 0 saturated carbocycles. The second-order valence-corrected chi connectivity index (χ2v) is 2.75. The summed E-state index contributed by atoms with van der Waals surface area (Å²) in [5, 5.41) is 10.3. The van der Waals surface area contributed by atoms with Gasteiger partial charge in [0.2, 0.25) is 5.91 Å². The minimum absolute atomic E-state index is 0.364. The van der Waals surface area contributed by atoms with Gasteiger partial charge in [0, 0.05) is 7.05 Å². The lowest BCUT2D eigenvalue weighted by Crippen LogP contribution is -2.35. The molecule has 0 aliphatic rings. The van der Waals surface area contributed by atoms with Crippen molar-refractivity contribution in [3.8, 4) is 0 Å². The first-order chi connectivity index (χ1) is 6.15. The summed E-state index contributed by atoms with van der Waals surface area (Å²) in [5.74, 6) is 0.314. The number of amides is 1. The molecule has 1 amide bonds. The van der Waals surface area contributed by atoms with Crippen molar-refractivity contribution in [2.75, 3.05) is 5.32 Å². The molecular formula is C7H13N5O. The van der Waals surface area contributed by atoms with Crippen LogP contribution in [-0.4, -0.2) is 26.9 Å². The van der Waals surface area contributed by atoms with Crippen molar-refractivity contribution < 1.29 is 4.79 Å². The van der Waals surface area contributed by atoms with Gasteiger partial charge in [-0.05, 0) is 6.42 Å². The Balaban J connectivity index is 2.67. The number of carbonyl (C=O) groups excluding carboxylic acids is 1. The molecule has 1 aromatic heterocycles. The van der Waals surface area contributed by atoms with Crippen LogP contribution in [0.5, 0.6) is 0 Å². The molecule has 72 valence electrons. The molecule has 0 saturated heterocycles. The Kier molecular flexibility index (Phi) is 2.84. The molecule has 1 rings (SSSR count). The fourth-order valence-corrected chi connectivity index (χ4v) is 0.973. The first-order valence-corrected chi connectivity index (χ1v) is 4.05. The Morgan fingerprint density at radius 1 is 1.85 bits per heavy atom. The monoisotopic (exact) mass is 183 g/mol. The van der Waals surface area contributed by atoms with E-state index in [-0.39, 0.29) is 11.9 Å². The number of rotatable bonds is 4. The normalized spacial score (nSPS) is 12.5. The molecular weight excluding hydrogens is 170 g/mol. The first kappa shape index (κ1) is 9.50. The summed E-state index contributed by atoms with van der Waals surface area (Å²) in [6, 6.07) is -0.364. The Bertz CT molecular complexity index is 295. The second kappa shape index (κ2) is 3.88. The largest absolute Gasteiger partial charge is 0.368 e. The van der Waals surface area contributed by atoms with Crippen molar-refractivity contribution in [3.05, 3.63) is 6.20 Å². The summed E-state index contributed by atoms with van der Waals surface area (Å²) in [7, 11) is 1.74. The highest BCUT2D eigenvalue weighted by atomic mass is 16.1. The lowest BCUT2D eigenvalue weighted by molar-refractivity contribution is -0.118. The van der Waals surface area contributed by atoms with Crippen molar-refractivity contribution in [3.63, 3.8) is 0 Å². The molecule has 13 heavy (non-hydrogen) atoms. The number of nitrogens with two attached hydrogens (primary N) is 1. The highest BCUT2D eigenvalue weighted by molar-refractivity contribution is 5.82. The number of hydrogen-bond donors (Lipinski definition) is 2. The molecule has 1 aromatic rings. The van der Waals surface area contributed by atoms with Crippen LogP contribution < -0.4 is 11.1 Å². The fraction of sp³-hybridized carbons (Fsp3) is 0.571. The summed E-state index contributed by atoms with van der Waals surface area (Å²) < 4.78 is 1.55. The van der Waals surface area contributed by atoms with E-state index in [4.69, 9.17) is 5.73 Å². The number of anilines is 1. The third-order valence-corrected chi connectivity index (χ3v) is 1.79. The molecule has 1 atom stereocenters. The molecule has 3 N–H and O–H groups in total. The van der Waals surface area contributed by atoms with E-state index < -0.39 is 0 Å². The van der Waals surface area contributed by atoms with Crippen LogP contribution in [0.2, 0.25) is 0 Å². The zero-order valence-corrected chi connectivity index (χ0v) is 7.69. The summed E-state index contributed by atoms with van der Waals surface area (Å²) in [6.45, 7) is 1.88. The van der Waals surface area contributed by atoms with Gasteiger partial charge in [0.1, 0.15) is 11.9 Å². The third-order valence-electron chi connectivity index (χ3n) is 1.79. The molecule has 0 fully saturated rings. The van der Waals surface area contributed by atoms with Crippen LogP contribution in [0.15, 0.2) is 6.20 Å². The molecule has 0 aliphatic carbocycles. The fourth-order valence-electron chi connectivity index (χ4n) is 0.973. The van der Waals surface area contributed by atoms with Crippen LogP contribution in [0.1, 0.15) is 13.3 Å². The highest BCUT2D eigenvalue weighted by Crippen LogP contribution is 2.05. The second-order valence-electron chi connectivity index (χ2n) is 2.75. The van der Waals surface area contributed by atoms with Crippen molar-refractivity contribution in [1.82, 2.24) is 15.0 Å². The van der Waals surface area contributed by atoms with Gasteiger partial charge in [0.25, 0.3) is 0 Å². The van der Waals surface area contributed by atoms with E-state index in [1.54, 1.807) is 17.9 Å². The van der Waals surface area contributed by atoms with E-state index >= 15 is 0 Å². The SMILES string of the molecule is CCC(Nc1cnnn1C)C(N)=O. The molecule has 0 bridgehead atoms. The highest BCUT2D eigenvalue weighted by Gasteiger charge is 2.13. The number of carbonyl (C=O) groups is 1. The third kappa shape index (κ3) is 2.17. The summed E-state index contributed by atoms with van der Waals surface area (Å²) >= 11 is 0. The zero-order chi connectivity index (χ0) is 9.84. The van der Waals surface area contributed by atoms with Crippen LogP contribution >= 0.6 is 0 Å². The lowest BCUT2D eigenvalue weighted by Gasteiger charge is -2.13. The Hall–Kier alpha value is -1.59. The number of aryl methyl sites for hydroxylation is 1. The quantitative estimate of drug-likeness (QED) is 0.658. The van der Waals surface area contributed by atoms with Gasteiger partial charge in [-0.25, -0.2) is 4.68 Å². The van der Waals surface area contributed by atoms with Crippen molar-refractivity contribution in [2.24, 2.45) is 12.8 Å². The van der Waals surface area contributed by atoms with Gasteiger partial charge in [-0.15, -0.1) is 5.10 Å². The standard InChI is InChI=1S/C7H13N5O/c1-3-5(7(8)13)10-6-4-9-11-12(6)2/h4-5,10H,3H2,1-2H3,(H2,8,13). The maximum Gasteiger partial charge on any atom is 0.239 e. The first-order valence-electron chi connectivity index (χ1n) is 4.05. The number of aromatic nitrogens is 3. The number of nitrogens with one attached hydrogen (secondary N) is 1. The summed E-state index contributed by atoms with van der Waals surface area (Å²) in [4.78, 5) is 10.9. The number of primary amides is 1. The van der Waals surface area contributed by atoms with Gasteiger partial charge >= 0.3 is 0 Å². The van der Waals surface area contributed by atoms with Gasteiger partial charge in [0.15, 0.2) is 0 Å². The molecule has 6 nitrogen and oxygen atoms in total. The van der Waals surface area contributed by atoms with Crippen molar-refractivity contribution in [2.45, 2.75) is 19.4 Å². The van der Waals surface area contributed by atoms with Crippen LogP contribution in [-0.2, 0) is 11.8 Å². The number of hydrogen-bond acceptors (Lipinski definition) is 4.